The van der Waals surface area contributed by atoms with E-state index >= 15 is 0 Å². The number of hydrogen-bond donors (Lipinski definition) is 1. The van der Waals surface area contributed by atoms with Gasteiger partial charge in [0.2, 0.25) is 0 Å². The molecule has 3 fully saturated rings. The number of amides is 1. The summed E-state index contributed by atoms with van der Waals surface area (Å²) in [5.41, 5.74) is 5.08. The van der Waals surface area contributed by atoms with Crippen molar-refractivity contribution in [1.29, 1.82) is 0 Å². The van der Waals surface area contributed by atoms with Crippen molar-refractivity contribution < 1.29 is 22.7 Å². The minimum absolute atomic E-state index is 0.0122. The van der Waals surface area contributed by atoms with E-state index in [-0.39, 0.29) is 18.1 Å². The first-order chi connectivity index (χ1) is 22.3. The highest BCUT2D eigenvalue weighted by Crippen LogP contribution is 2.46. The van der Waals surface area contributed by atoms with Gasteiger partial charge in [0.15, 0.2) is 0 Å². The molecule has 1 aromatic heterocycles. The number of fused-ring (bicyclic) bond motifs is 4. The number of likely N-dealkylation sites (tertiary alicyclic amines) is 1. The molecule has 8 rings (SSSR count). The van der Waals surface area contributed by atoms with Crippen LogP contribution < -0.4 is 0 Å². The fourth-order valence-corrected chi connectivity index (χ4v) is 9.09. The number of carbonyl (C=O) groups is 1. The van der Waals surface area contributed by atoms with E-state index < -0.39 is 11.7 Å². The number of ether oxygens (including phenoxy) is 1. The van der Waals surface area contributed by atoms with Gasteiger partial charge in [-0.3, -0.25) is 4.90 Å². The van der Waals surface area contributed by atoms with E-state index in [2.05, 4.69) is 63.4 Å². The quantitative estimate of drug-likeness (QED) is 0.235. The summed E-state index contributed by atoms with van der Waals surface area (Å²) in [6, 6.07) is 21.0. The standard InChI is InChI=1S/C37H39F3N4O2/c38-37(39,40)24-16-17-31-32(20-24)42-34(41-31)15-5-14-33-29-13-7-19-43-18-6-8-23(35(29)43)21-44(33)36(45)46-22-30-27-11-3-1-9-25(27)26-10-2-4-12-28(26)30/h1-4,9-12,16-17,20,23,29-30,33,35H,5-8,13-15,18-19,21-22H2,(H,41,42)/t23-,29+,33+,35-/m0/s1. The van der Waals surface area contributed by atoms with E-state index in [1.54, 1.807) is 0 Å². The second-order valence-corrected chi connectivity index (χ2v) is 13.6. The van der Waals surface area contributed by atoms with Gasteiger partial charge in [-0.15, -0.1) is 0 Å². The summed E-state index contributed by atoms with van der Waals surface area (Å²) in [5.74, 6) is 1.53. The van der Waals surface area contributed by atoms with Crippen LogP contribution in [0.15, 0.2) is 66.7 Å². The molecule has 1 aliphatic carbocycles. The molecular formula is C37H39F3N4O2. The predicted molar refractivity (Wildman–Crippen MR) is 170 cm³/mol. The van der Waals surface area contributed by atoms with Crippen molar-refractivity contribution in [2.45, 2.75) is 69.1 Å². The molecule has 3 saturated heterocycles. The summed E-state index contributed by atoms with van der Waals surface area (Å²) in [5, 5.41) is 0. The lowest BCUT2D eigenvalue weighted by atomic mass is 9.69. The van der Waals surface area contributed by atoms with Gasteiger partial charge in [-0.25, -0.2) is 9.78 Å². The average molecular weight is 629 g/mol. The molecule has 1 amide bonds. The first kappa shape index (κ1) is 29.5. The molecular weight excluding hydrogens is 589 g/mol. The predicted octanol–water partition coefficient (Wildman–Crippen LogP) is 8.03. The molecule has 0 bridgehead atoms. The molecule has 9 heteroatoms. The van der Waals surface area contributed by atoms with E-state index in [4.69, 9.17) is 4.74 Å². The van der Waals surface area contributed by atoms with E-state index in [9.17, 15) is 18.0 Å². The second-order valence-electron chi connectivity index (χ2n) is 13.6. The normalized spacial score (nSPS) is 24.5. The smallest absolute Gasteiger partial charge is 0.416 e. The van der Waals surface area contributed by atoms with Crippen molar-refractivity contribution in [1.82, 2.24) is 19.8 Å². The zero-order valence-electron chi connectivity index (χ0n) is 25.8. The number of aromatic amines is 1. The van der Waals surface area contributed by atoms with Gasteiger partial charge in [-0.05, 0) is 104 Å². The van der Waals surface area contributed by atoms with Gasteiger partial charge in [0.25, 0.3) is 0 Å². The number of H-pyrrole nitrogens is 1. The highest BCUT2D eigenvalue weighted by Gasteiger charge is 2.50. The maximum atomic E-state index is 14.1. The van der Waals surface area contributed by atoms with Crippen molar-refractivity contribution in [2.75, 3.05) is 26.2 Å². The summed E-state index contributed by atoms with van der Waals surface area (Å²) in [7, 11) is 0. The molecule has 4 aromatic rings. The molecule has 0 radical (unpaired) electrons. The lowest BCUT2D eigenvalue weighted by Gasteiger charge is -2.57. The Balaban J connectivity index is 1.00. The minimum atomic E-state index is -4.39. The largest absolute Gasteiger partial charge is 0.448 e. The summed E-state index contributed by atoms with van der Waals surface area (Å²) in [4.78, 5) is 26.5. The highest BCUT2D eigenvalue weighted by molar-refractivity contribution is 5.79. The Hall–Kier alpha value is -3.85. The van der Waals surface area contributed by atoms with Crippen molar-refractivity contribution in [3.8, 4) is 11.1 Å². The number of benzene rings is 3. The van der Waals surface area contributed by atoms with Gasteiger partial charge >= 0.3 is 12.3 Å². The topological polar surface area (TPSA) is 61.5 Å². The Morgan fingerprint density at radius 3 is 2.41 bits per heavy atom. The third-order valence-electron chi connectivity index (χ3n) is 11.0. The fourth-order valence-electron chi connectivity index (χ4n) is 9.09. The van der Waals surface area contributed by atoms with Crippen LogP contribution in [0, 0.1) is 11.8 Å². The number of aromatic nitrogens is 2. The molecule has 3 aromatic carbocycles. The summed E-state index contributed by atoms with van der Waals surface area (Å²) in [6.07, 6.45) is 2.10. The first-order valence-electron chi connectivity index (χ1n) is 16.8. The lowest BCUT2D eigenvalue weighted by molar-refractivity contribution is -0.137. The number of halogens is 3. The van der Waals surface area contributed by atoms with Gasteiger partial charge in [0.1, 0.15) is 12.4 Å². The van der Waals surface area contributed by atoms with Crippen molar-refractivity contribution >= 4 is 17.1 Å². The first-order valence-corrected chi connectivity index (χ1v) is 16.8. The molecule has 240 valence electrons. The van der Waals surface area contributed by atoms with Gasteiger partial charge in [-0.2, -0.15) is 13.2 Å². The Labute approximate surface area is 266 Å². The number of rotatable bonds is 6. The molecule has 0 spiro atoms. The van der Waals surface area contributed by atoms with Crippen LogP contribution in [0.5, 0.6) is 0 Å². The molecule has 1 N–H and O–H groups in total. The number of carbonyl (C=O) groups excluding carboxylic acids is 1. The van der Waals surface area contributed by atoms with Crippen LogP contribution in [0.3, 0.4) is 0 Å². The number of nitrogens with one attached hydrogen (secondary N) is 1. The highest BCUT2D eigenvalue weighted by atomic mass is 19.4. The fraction of sp³-hybridized carbons (Fsp3) is 0.459. The maximum absolute atomic E-state index is 14.1. The molecule has 46 heavy (non-hydrogen) atoms. The summed E-state index contributed by atoms with van der Waals surface area (Å²) in [6.45, 7) is 3.28. The van der Waals surface area contributed by atoms with Gasteiger partial charge in [0, 0.05) is 31.0 Å². The molecule has 6 nitrogen and oxygen atoms in total. The van der Waals surface area contributed by atoms with Crippen molar-refractivity contribution in [3.63, 3.8) is 0 Å². The van der Waals surface area contributed by atoms with Gasteiger partial charge in [-0.1, -0.05) is 48.5 Å². The van der Waals surface area contributed by atoms with E-state index in [1.165, 1.54) is 34.7 Å². The second kappa shape index (κ2) is 11.7. The van der Waals surface area contributed by atoms with Crippen LogP contribution in [0.2, 0.25) is 0 Å². The minimum Gasteiger partial charge on any atom is -0.448 e. The van der Waals surface area contributed by atoms with Crippen molar-refractivity contribution in [2.24, 2.45) is 11.8 Å². The number of hydrogen-bond acceptors (Lipinski definition) is 4. The average Bonchev–Trinajstić information content (AvgIpc) is 3.62. The van der Waals surface area contributed by atoms with Crippen LogP contribution in [0.4, 0.5) is 18.0 Å². The summed E-state index contributed by atoms with van der Waals surface area (Å²) >= 11 is 0. The third kappa shape index (κ3) is 5.26. The third-order valence-corrected chi connectivity index (χ3v) is 11.0. The van der Waals surface area contributed by atoms with Crippen LogP contribution in [0.1, 0.15) is 67.0 Å². The van der Waals surface area contributed by atoms with E-state index in [0.717, 1.165) is 57.3 Å². The zero-order valence-corrected chi connectivity index (χ0v) is 25.8. The summed E-state index contributed by atoms with van der Waals surface area (Å²) < 4.78 is 46.0. The monoisotopic (exact) mass is 628 g/mol. The number of alkyl halides is 3. The van der Waals surface area contributed by atoms with E-state index in [0.29, 0.717) is 54.3 Å². The number of piperidine rings is 3. The molecule has 4 aliphatic rings. The molecule has 0 unspecified atom stereocenters. The maximum Gasteiger partial charge on any atom is 0.416 e. The lowest BCUT2D eigenvalue weighted by Crippen LogP contribution is -2.65. The van der Waals surface area contributed by atoms with Crippen LogP contribution in [-0.2, 0) is 17.3 Å². The van der Waals surface area contributed by atoms with Crippen LogP contribution in [-0.4, -0.2) is 64.2 Å². The Morgan fingerprint density at radius 2 is 1.67 bits per heavy atom. The number of nitrogens with zero attached hydrogens (tertiary/aromatic N) is 3. The van der Waals surface area contributed by atoms with Crippen LogP contribution in [0.25, 0.3) is 22.2 Å². The molecule has 4 atom stereocenters. The number of imidazole rings is 1. The van der Waals surface area contributed by atoms with E-state index in [1.807, 2.05) is 4.90 Å². The number of aryl methyl sites for hydroxylation is 1. The SMILES string of the molecule is O=C(OCC1c2ccccc2-c2ccccc21)N1C[C@@H]2CCCN3CCC[C@@H]([C@H]23)[C@H]1CCCc1nc2ccc(C(F)(F)F)cc2[nH]1. The van der Waals surface area contributed by atoms with Gasteiger partial charge < -0.3 is 14.6 Å². The molecule has 0 saturated carbocycles. The van der Waals surface area contributed by atoms with Gasteiger partial charge in [0.05, 0.1) is 16.6 Å². The molecule has 4 heterocycles. The zero-order chi connectivity index (χ0) is 31.4. The Kier molecular flexibility index (Phi) is 7.54. The van der Waals surface area contributed by atoms with Crippen LogP contribution >= 0.6 is 0 Å². The Bertz CT molecular complexity index is 1700. The molecule has 3 aliphatic heterocycles. The Morgan fingerprint density at radius 1 is 0.957 bits per heavy atom. The van der Waals surface area contributed by atoms with Crippen molar-refractivity contribution in [3.05, 3.63) is 89.2 Å².